The summed E-state index contributed by atoms with van der Waals surface area (Å²) in [6.07, 6.45) is 3.57. The lowest BCUT2D eigenvalue weighted by Gasteiger charge is -2.11. The van der Waals surface area contributed by atoms with E-state index in [1.165, 1.54) is 6.20 Å². The molecule has 0 aliphatic heterocycles. The molecular weight excluding hydrogens is 250 g/mol. The SMILES string of the molecule is CCNc1ccc(S(=O)(=O)NCC2(C)CC2)cn1. The van der Waals surface area contributed by atoms with Gasteiger partial charge in [-0.2, -0.15) is 0 Å². The van der Waals surface area contributed by atoms with E-state index in [9.17, 15) is 8.42 Å². The minimum atomic E-state index is -3.43. The summed E-state index contributed by atoms with van der Waals surface area (Å²) in [7, 11) is -3.43. The monoisotopic (exact) mass is 269 g/mol. The van der Waals surface area contributed by atoms with Gasteiger partial charge in [0.15, 0.2) is 0 Å². The highest BCUT2D eigenvalue weighted by molar-refractivity contribution is 7.89. The predicted octanol–water partition coefficient (Wildman–Crippen LogP) is 1.59. The van der Waals surface area contributed by atoms with E-state index in [0.29, 0.717) is 12.4 Å². The number of nitrogens with zero attached hydrogens (tertiary/aromatic N) is 1. The van der Waals surface area contributed by atoms with Crippen molar-refractivity contribution in [2.75, 3.05) is 18.4 Å². The number of aromatic nitrogens is 1. The number of sulfonamides is 1. The Kier molecular flexibility index (Phi) is 3.59. The van der Waals surface area contributed by atoms with Gasteiger partial charge in [-0.15, -0.1) is 0 Å². The Hall–Kier alpha value is -1.14. The fourth-order valence-corrected chi connectivity index (χ4v) is 2.71. The highest BCUT2D eigenvalue weighted by atomic mass is 32.2. The maximum atomic E-state index is 12.0. The molecule has 1 aliphatic carbocycles. The van der Waals surface area contributed by atoms with Crippen LogP contribution in [-0.2, 0) is 10.0 Å². The molecule has 1 fully saturated rings. The van der Waals surface area contributed by atoms with Gasteiger partial charge in [-0.3, -0.25) is 0 Å². The van der Waals surface area contributed by atoms with Crippen LogP contribution in [0.25, 0.3) is 0 Å². The summed E-state index contributed by atoms with van der Waals surface area (Å²) in [5, 5.41) is 3.03. The lowest BCUT2D eigenvalue weighted by molar-refractivity contribution is 0.530. The molecule has 1 saturated carbocycles. The number of nitrogens with one attached hydrogen (secondary N) is 2. The predicted molar refractivity (Wildman–Crippen MR) is 70.9 cm³/mol. The third-order valence-corrected chi connectivity index (χ3v) is 4.58. The van der Waals surface area contributed by atoms with Crippen LogP contribution in [0.15, 0.2) is 23.2 Å². The Morgan fingerprint density at radius 1 is 1.39 bits per heavy atom. The Labute approximate surface area is 108 Å². The molecule has 5 nitrogen and oxygen atoms in total. The third kappa shape index (κ3) is 3.20. The normalized spacial score (nSPS) is 17.4. The fraction of sp³-hybridized carbons (Fsp3) is 0.583. The second-order valence-corrected chi connectivity index (χ2v) is 6.81. The number of rotatable bonds is 6. The van der Waals surface area contributed by atoms with Crippen LogP contribution in [0.1, 0.15) is 26.7 Å². The molecule has 0 atom stereocenters. The summed E-state index contributed by atoms with van der Waals surface area (Å²) in [6, 6.07) is 3.25. The molecule has 2 N–H and O–H groups in total. The second-order valence-electron chi connectivity index (χ2n) is 5.04. The maximum Gasteiger partial charge on any atom is 0.242 e. The highest BCUT2D eigenvalue weighted by Crippen LogP contribution is 2.44. The molecule has 6 heteroatoms. The van der Waals surface area contributed by atoms with E-state index in [0.717, 1.165) is 19.4 Å². The molecule has 0 bridgehead atoms. The standard InChI is InChI=1S/C12H19N3O2S/c1-3-13-11-5-4-10(8-14-11)18(16,17)15-9-12(2)6-7-12/h4-5,8,15H,3,6-7,9H2,1-2H3,(H,13,14). The van der Waals surface area contributed by atoms with Crippen molar-refractivity contribution in [1.82, 2.24) is 9.71 Å². The summed E-state index contributed by atoms with van der Waals surface area (Å²) in [4.78, 5) is 4.28. The van der Waals surface area contributed by atoms with Crippen molar-refractivity contribution in [2.24, 2.45) is 5.41 Å². The molecule has 2 rings (SSSR count). The van der Waals surface area contributed by atoms with E-state index in [1.54, 1.807) is 12.1 Å². The van der Waals surface area contributed by atoms with E-state index in [-0.39, 0.29) is 10.3 Å². The van der Waals surface area contributed by atoms with Gasteiger partial charge in [-0.25, -0.2) is 18.1 Å². The fourth-order valence-electron chi connectivity index (χ4n) is 1.57. The van der Waals surface area contributed by atoms with E-state index in [1.807, 2.05) is 6.92 Å². The van der Waals surface area contributed by atoms with Crippen LogP contribution >= 0.6 is 0 Å². The summed E-state index contributed by atoms with van der Waals surface area (Å²) in [6.45, 7) is 5.31. The number of hydrogen-bond acceptors (Lipinski definition) is 4. The second kappa shape index (κ2) is 4.85. The lowest BCUT2D eigenvalue weighted by atomic mass is 10.2. The minimum Gasteiger partial charge on any atom is -0.370 e. The van der Waals surface area contributed by atoms with Gasteiger partial charge in [0.05, 0.1) is 0 Å². The van der Waals surface area contributed by atoms with Gasteiger partial charge >= 0.3 is 0 Å². The van der Waals surface area contributed by atoms with Crippen LogP contribution in [0.4, 0.5) is 5.82 Å². The zero-order valence-corrected chi connectivity index (χ0v) is 11.5. The third-order valence-electron chi connectivity index (χ3n) is 3.20. The van der Waals surface area contributed by atoms with Crippen molar-refractivity contribution in [3.8, 4) is 0 Å². The average molecular weight is 269 g/mol. The molecule has 0 aromatic carbocycles. The Balaban J connectivity index is 2.04. The summed E-state index contributed by atoms with van der Waals surface area (Å²) in [5.41, 5.74) is 0.157. The first-order valence-corrected chi connectivity index (χ1v) is 7.63. The number of anilines is 1. The molecule has 18 heavy (non-hydrogen) atoms. The van der Waals surface area contributed by atoms with Gasteiger partial charge in [0.2, 0.25) is 10.0 Å². The molecule has 1 aromatic rings. The first kappa shape index (κ1) is 13.3. The van der Waals surface area contributed by atoms with E-state index >= 15 is 0 Å². The van der Waals surface area contributed by atoms with Crippen molar-refractivity contribution >= 4 is 15.8 Å². The smallest absolute Gasteiger partial charge is 0.242 e. The molecule has 100 valence electrons. The zero-order valence-electron chi connectivity index (χ0n) is 10.7. The maximum absolute atomic E-state index is 12.0. The molecule has 1 heterocycles. The summed E-state index contributed by atoms with van der Waals surface area (Å²) < 4.78 is 26.6. The average Bonchev–Trinajstić information content (AvgIpc) is 3.07. The lowest BCUT2D eigenvalue weighted by Crippen LogP contribution is -2.29. The highest BCUT2D eigenvalue weighted by Gasteiger charge is 2.38. The van der Waals surface area contributed by atoms with Gasteiger partial charge in [-0.05, 0) is 37.3 Å². The Bertz CT molecular complexity index is 507. The van der Waals surface area contributed by atoms with Gasteiger partial charge in [0.1, 0.15) is 10.7 Å². The molecule has 0 spiro atoms. The van der Waals surface area contributed by atoms with E-state index in [4.69, 9.17) is 0 Å². The minimum absolute atomic E-state index is 0.157. The van der Waals surface area contributed by atoms with Gasteiger partial charge in [-0.1, -0.05) is 6.92 Å². The Morgan fingerprint density at radius 2 is 2.11 bits per heavy atom. The molecule has 1 aromatic heterocycles. The van der Waals surface area contributed by atoms with Crippen molar-refractivity contribution in [1.29, 1.82) is 0 Å². The Morgan fingerprint density at radius 3 is 2.61 bits per heavy atom. The molecule has 1 aliphatic rings. The van der Waals surface area contributed by atoms with Crippen molar-refractivity contribution in [2.45, 2.75) is 31.6 Å². The largest absolute Gasteiger partial charge is 0.370 e. The first-order valence-electron chi connectivity index (χ1n) is 6.15. The molecule has 0 saturated heterocycles. The summed E-state index contributed by atoms with van der Waals surface area (Å²) in [5.74, 6) is 0.686. The summed E-state index contributed by atoms with van der Waals surface area (Å²) >= 11 is 0. The topological polar surface area (TPSA) is 71.1 Å². The van der Waals surface area contributed by atoms with Crippen LogP contribution in [0, 0.1) is 5.41 Å². The quantitative estimate of drug-likeness (QED) is 0.822. The number of pyridine rings is 1. The van der Waals surface area contributed by atoms with Crippen LogP contribution in [-0.4, -0.2) is 26.5 Å². The van der Waals surface area contributed by atoms with Crippen molar-refractivity contribution in [3.05, 3.63) is 18.3 Å². The molecule has 0 amide bonds. The van der Waals surface area contributed by atoms with Crippen molar-refractivity contribution in [3.63, 3.8) is 0 Å². The van der Waals surface area contributed by atoms with Crippen LogP contribution in [0.5, 0.6) is 0 Å². The first-order chi connectivity index (χ1) is 8.45. The van der Waals surface area contributed by atoms with Crippen LogP contribution < -0.4 is 10.0 Å². The molecule has 0 radical (unpaired) electrons. The molecule has 0 unspecified atom stereocenters. The van der Waals surface area contributed by atoms with Gasteiger partial charge in [0, 0.05) is 19.3 Å². The van der Waals surface area contributed by atoms with E-state index in [2.05, 4.69) is 21.9 Å². The van der Waals surface area contributed by atoms with Gasteiger partial charge in [0.25, 0.3) is 0 Å². The van der Waals surface area contributed by atoms with Gasteiger partial charge < -0.3 is 5.32 Å². The number of hydrogen-bond donors (Lipinski definition) is 2. The molecular formula is C12H19N3O2S. The zero-order chi connectivity index (χ0) is 13.2. The van der Waals surface area contributed by atoms with Crippen LogP contribution in [0.2, 0.25) is 0 Å². The van der Waals surface area contributed by atoms with E-state index < -0.39 is 10.0 Å². The van der Waals surface area contributed by atoms with Crippen LogP contribution in [0.3, 0.4) is 0 Å². The van der Waals surface area contributed by atoms with Crippen molar-refractivity contribution < 1.29 is 8.42 Å².